The van der Waals surface area contributed by atoms with Crippen LogP contribution in [0, 0.1) is 6.92 Å². The predicted octanol–water partition coefficient (Wildman–Crippen LogP) is 3.53. The van der Waals surface area contributed by atoms with E-state index in [1.165, 1.54) is 0 Å². The zero-order valence-electron chi connectivity index (χ0n) is 15.9. The lowest BCUT2D eigenvalue weighted by Gasteiger charge is -2.15. The van der Waals surface area contributed by atoms with E-state index < -0.39 is 0 Å². The smallest absolute Gasteiger partial charge is 0.220 e. The normalized spacial score (nSPS) is 11.5. The van der Waals surface area contributed by atoms with Crippen molar-refractivity contribution in [2.45, 2.75) is 32.7 Å². The van der Waals surface area contributed by atoms with E-state index >= 15 is 0 Å². The van der Waals surface area contributed by atoms with Crippen molar-refractivity contribution in [3.8, 4) is 17.2 Å². The van der Waals surface area contributed by atoms with Gasteiger partial charge in [0.25, 0.3) is 0 Å². The summed E-state index contributed by atoms with van der Waals surface area (Å²) in [5.41, 5.74) is 2.20. The van der Waals surface area contributed by atoms with Gasteiger partial charge >= 0.3 is 0 Å². The topological polar surface area (TPSA) is 56.8 Å². The van der Waals surface area contributed by atoms with Crippen LogP contribution in [0.5, 0.6) is 17.2 Å². The number of carbonyl (C=O) groups excluding carboxylic acids is 1. The lowest BCUT2D eigenvalue weighted by atomic mass is 10.1. The van der Waals surface area contributed by atoms with Gasteiger partial charge in [-0.2, -0.15) is 0 Å². The van der Waals surface area contributed by atoms with Gasteiger partial charge in [0.1, 0.15) is 23.9 Å². The number of hydrogen-bond donors (Lipinski definition) is 1. The maximum Gasteiger partial charge on any atom is 0.220 e. The number of hydrogen-bond acceptors (Lipinski definition) is 4. The molecule has 0 aliphatic heterocycles. The van der Waals surface area contributed by atoms with Crippen LogP contribution in [0.2, 0.25) is 0 Å². The monoisotopic (exact) mass is 357 g/mol. The first-order valence-electron chi connectivity index (χ1n) is 8.71. The third kappa shape index (κ3) is 5.99. The van der Waals surface area contributed by atoms with Crippen molar-refractivity contribution in [2.75, 3.05) is 20.8 Å². The number of benzene rings is 2. The first-order chi connectivity index (χ1) is 12.5. The Morgan fingerprint density at radius 1 is 1.04 bits per heavy atom. The largest absolute Gasteiger partial charge is 0.497 e. The second kappa shape index (κ2) is 9.70. The van der Waals surface area contributed by atoms with Crippen molar-refractivity contribution in [2.24, 2.45) is 0 Å². The number of ether oxygens (including phenoxy) is 3. The molecule has 1 N–H and O–H groups in total. The number of aryl methyl sites for hydroxylation is 2. The lowest BCUT2D eigenvalue weighted by Crippen LogP contribution is -2.36. The summed E-state index contributed by atoms with van der Waals surface area (Å²) in [4.78, 5) is 12.1. The average molecular weight is 357 g/mol. The number of methoxy groups -OCH3 is 2. The minimum atomic E-state index is -0.0674. The molecule has 0 unspecified atom stereocenters. The van der Waals surface area contributed by atoms with Crippen molar-refractivity contribution in [3.63, 3.8) is 0 Å². The second-order valence-electron chi connectivity index (χ2n) is 6.26. The third-order valence-corrected chi connectivity index (χ3v) is 4.07. The molecule has 0 aliphatic carbocycles. The standard InChI is InChI=1S/C21H27NO4/c1-15-13-17(5-11-20(15)25-4)6-12-21(23)22-16(2)14-26-19-9-7-18(24-3)8-10-19/h5,7-11,13,16H,6,12,14H2,1-4H3,(H,22,23)/t16-/m1/s1. The van der Waals surface area contributed by atoms with Crippen LogP contribution in [0.1, 0.15) is 24.5 Å². The van der Waals surface area contributed by atoms with E-state index in [4.69, 9.17) is 14.2 Å². The summed E-state index contributed by atoms with van der Waals surface area (Å²) in [6.07, 6.45) is 1.14. The zero-order valence-corrected chi connectivity index (χ0v) is 15.9. The summed E-state index contributed by atoms with van der Waals surface area (Å²) in [6, 6.07) is 13.3. The Morgan fingerprint density at radius 2 is 1.73 bits per heavy atom. The molecule has 0 saturated heterocycles. The van der Waals surface area contributed by atoms with Gasteiger partial charge in [-0.15, -0.1) is 0 Å². The zero-order chi connectivity index (χ0) is 18.9. The second-order valence-corrected chi connectivity index (χ2v) is 6.26. The van der Waals surface area contributed by atoms with Crippen LogP contribution in [-0.2, 0) is 11.2 Å². The maximum absolute atomic E-state index is 12.1. The summed E-state index contributed by atoms with van der Waals surface area (Å²) in [5, 5.41) is 2.97. The third-order valence-electron chi connectivity index (χ3n) is 4.07. The molecular weight excluding hydrogens is 330 g/mol. The molecule has 2 aromatic carbocycles. The molecular formula is C21H27NO4. The molecule has 5 nitrogen and oxygen atoms in total. The van der Waals surface area contributed by atoms with Crippen molar-refractivity contribution in [1.82, 2.24) is 5.32 Å². The Kier molecular flexibility index (Phi) is 7.33. The molecule has 2 rings (SSSR count). The molecule has 0 fully saturated rings. The van der Waals surface area contributed by atoms with Gasteiger partial charge in [0.15, 0.2) is 0 Å². The Morgan fingerprint density at radius 3 is 2.35 bits per heavy atom. The molecule has 0 heterocycles. The maximum atomic E-state index is 12.1. The molecule has 0 radical (unpaired) electrons. The minimum absolute atomic E-state index is 0.0179. The summed E-state index contributed by atoms with van der Waals surface area (Å²) in [5.74, 6) is 2.42. The molecule has 0 saturated carbocycles. The van der Waals surface area contributed by atoms with Crippen molar-refractivity contribution >= 4 is 5.91 Å². The van der Waals surface area contributed by atoms with Crippen LogP contribution in [-0.4, -0.2) is 32.8 Å². The van der Waals surface area contributed by atoms with E-state index in [1.807, 2.05) is 50.2 Å². The predicted molar refractivity (Wildman–Crippen MR) is 102 cm³/mol. The highest BCUT2D eigenvalue weighted by Gasteiger charge is 2.09. The van der Waals surface area contributed by atoms with Crippen LogP contribution in [0.15, 0.2) is 42.5 Å². The summed E-state index contributed by atoms with van der Waals surface area (Å²) in [7, 11) is 3.28. The van der Waals surface area contributed by atoms with Gasteiger partial charge in [-0.25, -0.2) is 0 Å². The van der Waals surface area contributed by atoms with Crippen LogP contribution < -0.4 is 19.5 Å². The fraction of sp³-hybridized carbons (Fsp3) is 0.381. The van der Waals surface area contributed by atoms with E-state index in [1.54, 1.807) is 14.2 Å². The molecule has 1 amide bonds. The highest BCUT2D eigenvalue weighted by atomic mass is 16.5. The van der Waals surface area contributed by atoms with Gasteiger partial charge in [0.05, 0.1) is 20.3 Å². The van der Waals surface area contributed by atoms with Gasteiger partial charge in [0, 0.05) is 6.42 Å². The molecule has 2 aromatic rings. The van der Waals surface area contributed by atoms with Crippen LogP contribution in [0.3, 0.4) is 0 Å². The van der Waals surface area contributed by atoms with Crippen LogP contribution in [0.4, 0.5) is 0 Å². The summed E-state index contributed by atoms with van der Waals surface area (Å²) in [6.45, 7) is 4.35. The fourth-order valence-electron chi connectivity index (χ4n) is 2.64. The number of amides is 1. The molecule has 1 atom stereocenters. The van der Waals surface area contributed by atoms with Crippen LogP contribution >= 0.6 is 0 Å². The van der Waals surface area contributed by atoms with Crippen molar-refractivity contribution < 1.29 is 19.0 Å². The van der Waals surface area contributed by atoms with Crippen LogP contribution in [0.25, 0.3) is 0 Å². The minimum Gasteiger partial charge on any atom is -0.497 e. The molecule has 0 aromatic heterocycles. The number of rotatable bonds is 9. The molecule has 26 heavy (non-hydrogen) atoms. The SMILES string of the molecule is COc1ccc(OC[C@@H](C)NC(=O)CCc2ccc(OC)c(C)c2)cc1. The van der Waals surface area contributed by atoms with Crippen molar-refractivity contribution in [3.05, 3.63) is 53.6 Å². The highest BCUT2D eigenvalue weighted by Crippen LogP contribution is 2.19. The van der Waals surface area contributed by atoms with E-state index in [2.05, 4.69) is 11.4 Å². The van der Waals surface area contributed by atoms with Crippen molar-refractivity contribution in [1.29, 1.82) is 0 Å². The van der Waals surface area contributed by atoms with Gasteiger partial charge in [-0.05, 0) is 61.7 Å². The first kappa shape index (κ1) is 19.6. The summed E-state index contributed by atoms with van der Waals surface area (Å²) >= 11 is 0. The van der Waals surface area contributed by atoms with Gasteiger partial charge < -0.3 is 19.5 Å². The fourth-order valence-corrected chi connectivity index (χ4v) is 2.64. The van der Waals surface area contributed by atoms with Gasteiger partial charge in [0.2, 0.25) is 5.91 Å². The van der Waals surface area contributed by atoms with E-state index in [0.29, 0.717) is 19.4 Å². The van der Waals surface area contributed by atoms with E-state index in [0.717, 1.165) is 28.4 Å². The first-order valence-corrected chi connectivity index (χ1v) is 8.71. The van der Waals surface area contributed by atoms with E-state index in [9.17, 15) is 4.79 Å². The number of carbonyl (C=O) groups is 1. The molecule has 5 heteroatoms. The lowest BCUT2D eigenvalue weighted by molar-refractivity contribution is -0.121. The Balaban J connectivity index is 1.73. The van der Waals surface area contributed by atoms with Gasteiger partial charge in [-0.3, -0.25) is 4.79 Å². The number of nitrogens with one attached hydrogen (secondary N) is 1. The van der Waals surface area contributed by atoms with Gasteiger partial charge in [-0.1, -0.05) is 12.1 Å². The molecule has 0 aliphatic rings. The average Bonchev–Trinajstić information content (AvgIpc) is 2.65. The molecule has 0 bridgehead atoms. The van der Waals surface area contributed by atoms with E-state index in [-0.39, 0.29) is 11.9 Å². The quantitative estimate of drug-likeness (QED) is 0.746. The highest BCUT2D eigenvalue weighted by molar-refractivity contribution is 5.76. The summed E-state index contributed by atoms with van der Waals surface area (Å²) < 4.78 is 16.1. The Hall–Kier alpha value is -2.69. The Bertz CT molecular complexity index is 712. The molecule has 0 spiro atoms. The molecule has 140 valence electrons. The Labute approximate surface area is 155 Å².